The largest absolute Gasteiger partial charge is 0.481 e. The lowest BCUT2D eigenvalue weighted by Gasteiger charge is -2.26. The second kappa shape index (κ2) is 18.2. The molecule has 3 atom stereocenters. The molecule has 12 nitrogen and oxygen atoms in total. The van der Waals surface area contributed by atoms with E-state index in [9.17, 15) is 33.9 Å². The number of carboxylic acids is 1. The molecule has 0 radical (unpaired) electrons. The van der Waals surface area contributed by atoms with Crippen molar-refractivity contribution < 1.29 is 38.6 Å². The first-order chi connectivity index (χ1) is 22.8. The molecule has 256 valence electrons. The minimum absolute atomic E-state index is 0.00298. The number of benzene rings is 3. The van der Waals surface area contributed by atoms with Gasteiger partial charge in [-0.3, -0.25) is 29.3 Å². The molecule has 0 saturated heterocycles. The Kier molecular flexibility index (Phi) is 14.1. The van der Waals surface area contributed by atoms with Crippen molar-refractivity contribution in [2.24, 2.45) is 11.8 Å². The van der Waals surface area contributed by atoms with Crippen LogP contribution in [0.25, 0.3) is 10.8 Å². The summed E-state index contributed by atoms with van der Waals surface area (Å²) in [5, 5.41) is 21.0. The van der Waals surface area contributed by atoms with E-state index in [1.54, 1.807) is 30.3 Å². The first kappa shape index (κ1) is 37.2. The molecular formula is C36H44N4O8. The van der Waals surface area contributed by atoms with E-state index in [4.69, 9.17) is 4.74 Å². The van der Waals surface area contributed by atoms with Crippen molar-refractivity contribution in [1.82, 2.24) is 21.3 Å². The number of aliphatic carboxylic acids is 1. The Labute approximate surface area is 280 Å². The fraction of sp³-hybridized carbons (Fsp3) is 0.389. The van der Waals surface area contributed by atoms with E-state index in [-0.39, 0.29) is 43.3 Å². The van der Waals surface area contributed by atoms with Gasteiger partial charge in [-0.05, 0) is 59.6 Å². The highest BCUT2D eigenvalue weighted by Crippen LogP contribution is 2.16. The van der Waals surface area contributed by atoms with Crippen LogP contribution in [0.1, 0.15) is 69.3 Å². The minimum atomic E-state index is -1.39. The minimum Gasteiger partial charge on any atom is -0.481 e. The SMILES string of the molecule is CC(C)C[C@H](NC(=O)OCc1ccccc1)C(=O)N[C@@H](CC(C)C)C(=O)N[C@@H](CCC(=O)O)C(=O)NC(=O)c1ccc2ccccc2c1. The summed E-state index contributed by atoms with van der Waals surface area (Å²) in [6.45, 7) is 7.44. The second-order valence-electron chi connectivity index (χ2n) is 12.5. The fourth-order valence-electron chi connectivity index (χ4n) is 5.00. The van der Waals surface area contributed by atoms with Crippen LogP contribution >= 0.6 is 0 Å². The summed E-state index contributed by atoms with van der Waals surface area (Å²) in [6.07, 6.45) is -1.14. The van der Waals surface area contributed by atoms with E-state index >= 15 is 0 Å². The smallest absolute Gasteiger partial charge is 0.408 e. The number of carboxylic acid groups (broad SMARTS) is 1. The highest BCUT2D eigenvalue weighted by atomic mass is 16.5. The summed E-state index contributed by atoms with van der Waals surface area (Å²) in [5.74, 6) is -4.25. The fourth-order valence-corrected chi connectivity index (χ4v) is 5.00. The molecule has 3 aromatic rings. The van der Waals surface area contributed by atoms with Gasteiger partial charge in [-0.15, -0.1) is 0 Å². The number of ether oxygens (including phenoxy) is 1. The van der Waals surface area contributed by atoms with Crippen LogP contribution in [-0.4, -0.2) is 58.9 Å². The third kappa shape index (κ3) is 12.2. The maximum Gasteiger partial charge on any atom is 0.408 e. The molecule has 48 heavy (non-hydrogen) atoms. The number of alkyl carbamates (subject to hydrolysis) is 1. The van der Waals surface area contributed by atoms with Gasteiger partial charge >= 0.3 is 12.1 Å². The lowest BCUT2D eigenvalue weighted by atomic mass is 9.99. The van der Waals surface area contributed by atoms with Crippen LogP contribution in [0, 0.1) is 11.8 Å². The zero-order valence-electron chi connectivity index (χ0n) is 27.7. The van der Waals surface area contributed by atoms with Crippen LogP contribution in [-0.2, 0) is 30.5 Å². The normalized spacial score (nSPS) is 12.9. The van der Waals surface area contributed by atoms with Crippen molar-refractivity contribution in [3.05, 3.63) is 83.9 Å². The third-order valence-corrected chi connectivity index (χ3v) is 7.40. The monoisotopic (exact) mass is 660 g/mol. The Hall–Kier alpha value is -5.26. The molecule has 0 aliphatic heterocycles. The number of carbonyl (C=O) groups excluding carboxylic acids is 5. The summed E-state index contributed by atoms with van der Waals surface area (Å²) >= 11 is 0. The molecule has 0 spiro atoms. The Balaban J connectivity index is 1.71. The van der Waals surface area contributed by atoms with Crippen molar-refractivity contribution in [2.45, 2.75) is 78.1 Å². The number of nitrogens with one attached hydrogen (secondary N) is 4. The van der Waals surface area contributed by atoms with Crippen LogP contribution in [0.4, 0.5) is 4.79 Å². The maximum absolute atomic E-state index is 13.6. The van der Waals surface area contributed by atoms with Crippen molar-refractivity contribution >= 4 is 46.5 Å². The van der Waals surface area contributed by atoms with E-state index in [1.165, 1.54) is 0 Å². The first-order valence-electron chi connectivity index (χ1n) is 16.0. The zero-order valence-corrected chi connectivity index (χ0v) is 27.7. The molecule has 5 N–H and O–H groups in total. The van der Waals surface area contributed by atoms with Gasteiger partial charge in [-0.25, -0.2) is 4.79 Å². The number of hydrogen-bond donors (Lipinski definition) is 5. The topological polar surface area (TPSA) is 180 Å². The van der Waals surface area contributed by atoms with Gasteiger partial charge in [0.15, 0.2) is 0 Å². The average Bonchev–Trinajstić information content (AvgIpc) is 3.04. The van der Waals surface area contributed by atoms with Gasteiger partial charge in [0.2, 0.25) is 17.7 Å². The third-order valence-electron chi connectivity index (χ3n) is 7.40. The van der Waals surface area contributed by atoms with Gasteiger partial charge in [-0.1, -0.05) is 88.4 Å². The summed E-state index contributed by atoms with van der Waals surface area (Å²) in [6, 6.07) is 17.8. The van der Waals surface area contributed by atoms with Gasteiger partial charge in [-0.2, -0.15) is 0 Å². The number of imide groups is 1. The highest BCUT2D eigenvalue weighted by molar-refractivity contribution is 6.08. The van der Waals surface area contributed by atoms with E-state index in [0.29, 0.717) is 0 Å². The molecule has 0 bridgehead atoms. The quantitative estimate of drug-likeness (QED) is 0.151. The molecule has 3 aromatic carbocycles. The second-order valence-corrected chi connectivity index (χ2v) is 12.5. The van der Waals surface area contributed by atoms with Crippen LogP contribution < -0.4 is 21.3 Å². The molecule has 0 saturated carbocycles. The first-order valence-corrected chi connectivity index (χ1v) is 16.0. The number of amides is 5. The lowest BCUT2D eigenvalue weighted by Crippen LogP contribution is -2.57. The zero-order chi connectivity index (χ0) is 35.2. The Bertz CT molecular complexity index is 1590. The van der Waals surface area contributed by atoms with Gasteiger partial charge in [0.25, 0.3) is 5.91 Å². The molecule has 5 amide bonds. The van der Waals surface area contributed by atoms with E-state index in [1.807, 2.05) is 70.2 Å². The van der Waals surface area contributed by atoms with Gasteiger partial charge in [0.1, 0.15) is 24.7 Å². The van der Waals surface area contributed by atoms with Crippen molar-refractivity contribution in [2.75, 3.05) is 0 Å². The van der Waals surface area contributed by atoms with Crippen molar-refractivity contribution in [1.29, 1.82) is 0 Å². The summed E-state index contributed by atoms with van der Waals surface area (Å²) < 4.78 is 5.29. The predicted molar refractivity (Wildman–Crippen MR) is 180 cm³/mol. The Morgan fingerprint density at radius 3 is 1.83 bits per heavy atom. The Morgan fingerprint density at radius 1 is 0.667 bits per heavy atom. The number of rotatable bonds is 16. The van der Waals surface area contributed by atoms with Crippen LogP contribution in [0.2, 0.25) is 0 Å². The molecule has 0 heterocycles. The Morgan fingerprint density at radius 2 is 1.23 bits per heavy atom. The van der Waals surface area contributed by atoms with Crippen molar-refractivity contribution in [3.63, 3.8) is 0 Å². The molecule has 3 rings (SSSR count). The molecule has 0 aromatic heterocycles. The van der Waals surface area contributed by atoms with E-state index < -0.39 is 60.2 Å². The molecule has 0 fully saturated rings. The molecule has 0 unspecified atom stereocenters. The summed E-state index contributed by atoms with van der Waals surface area (Å²) in [4.78, 5) is 77.2. The number of fused-ring (bicyclic) bond motifs is 1. The van der Waals surface area contributed by atoms with Crippen LogP contribution in [0.3, 0.4) is 0 Å². The van der Waals surface area contributed by atoms with Gasteiger partial charge in [0.05, 0.1) is 0 Å². The van der Waals surface area contributed by atoms with Gasteiger partial charge in [0, 0.05) is 12.0 Å². The summed E-state index contributed by atoms with van der Waals surface area (Å²) in [7, 11) is 0. The molecule has 0 aliphatic rings. The van der Waals surface area contributed by atoms with Crippen molar-refractivity contribution in [3.8, 4) is 0 Å². The highest BCUT2D eigenvalue weighted by Gasteiger charge is 2.31. The molecular weight excluding hydrogens is 616 g/mol. The standard InChI is InChI=1S/C36H44N4O8/c1-22(2)18-29(38-35(46)30(19-23(3)4)39-36(47)48-21-24-10-6-5-7-11-24)34(45)37-28(16-17-31(41)42)33(44)40-32(43)27-15-14-25-12-8-9-13-26(25)20-27/h5-15,20,22-23,28-30H,16-19,21H2,1-4H3,(H,37,45)(H,38,46)(H,39,47)(H,41,42)(H,40,43,44)/t28-,29-,30-/m0/s1. The van der Waals surface area contributed by atoms with Crippen LogP contribution in [0.5, 0.6) is 0 Å². The molecule has 12 heteroatoms. The maximum atomic E-state index is 13.6. The van der Waals surface area contributed by atoms with E-state index in [2.05, 4.69) is 21.3 Å². The van der Waals surface area contributed by atoms with Gasteiger partial charge < -0.3 is 25.8 Å². The lowest BCUT2D eigenvalue weighted by molar-refractivity contribution is -0.138. The van der Waals surface area contributed by atoms with E-state index in [0.717, 1.165) is 16.3 Å². The summed E-state index contributed by atoms with van der Waals surface area (Å²) in [5.41, 5.74) is 0.980. The average molecular weight is 661 g/mol. The van der Waals surface area contributed by atoms with Crippen LogP contribution in [0.15, 0.2) is 72.8 Å². The number of hydrogen-bond acceptors (Lipinski definition) is 7. The number of carbonyl (C=O) groups is 6. The predicted octanol–water partition coefficient (Wildman–Crippen LogP) is 4.32. The molecule has 0 aliphatic carbocycles.